The van der Waals surface area contributed by atoms with Crippen LogP contribution in [0.2, 0.25) is 5.02 Å². The van der Waals surface area contributed by atoms with E-state index >= 15 is 0 Å². The van der Waals surface area contributed by atoms with Gasteiger partial charge < -0.3 is 4.42 Å². The lowest BCUT2D eigenvalue weighted by molar-refractivity contribution is -0.0598. The summed E-state index contributed by atoms with van der Waals surface area (Å²) >= 11 is 5.93. The molecular formula is C14H16ClNO3. The molecule has 0 spiro atoms. The average Bonchev–Trinajstić information content (AvgIpc) is 2.63. The zero-order valence-electron chi connectivity index (χ0n) is 11.3. The van der Waals surface area contributed by atoms with E-state index in [0.29, 0.717) is 10.6 Å². The number of rotatable bonds is 2. The first-order chi connectivity index (χ1) is 8.78. The number of hydroxylamine groups is 1. The van der Waals surface area contributed by atoms with Crippen molar-refractivity contribution in [2.24, 2.45) is 0 Å². The minimum atomic E-state index is -0.459. The summed E-state index contributed by atoms with van der Waals surface area (Å²) in [4.78, 5) is 17.2. The van der Waals surface area contributed by atoms with E-state index in [1.807, 2.05) is 27.7 Å². The van der Waals surface area contributed by atoms with Crippen LogP contribution in [0.5, 0.6) is 0 Å². The third kappa shape index (κ3) is 3.08. The number of hydrogen-bond acceptors (Lipinski definition) is 3. The Morgan fingerprint density at radius 3 is 2.68 bits per heavy atom. The molecule has 0 aliphatic carbocycles. The highest BCUT2D eigenvalue weighted by molar-refractivity contribution is 6.31. The highest BCUT2D eigenvalue weighted by Gasteiger charge is 2.20. The van der Waals surface area contributed by atoms with Gasteiger partial charge in [-0.25, -0.2) is 5.48 Å². The van der Waals surface area contributed by atoms with Gasteiger partial charge in [-0.2, -0.15) is 0 Å². The first kappa shape index (κ1) is 13.9. The van der Waals surface area contributed by atoms with E-state index in [-0.39, 0.29) is 5.76 Å². The lowest BCUT2D eigenvalue weighted by Gasteiger charge is -2.18. The summed E-state index contributed by atoms with van der Waals surface area (Å²) in [6, 6.07) is 5.24. The van der Waals surface area contributed by atoms with Gasteiger partial charge in [0.25, 0.3) is 0 Å². The molecule has 1 heterocycles. The van der Waals surface area contributed by atoms with Crippen molar-refractivity contribution < 1.29 is 14.0 Å². The Labute approximate surface area is 116 Å². The Bertz CT molecular complexity index is 625. The molecule has 5 heteroatoms. The highest BCUT2D eigenvalue weighted by Crippen LogP contribution is 2.27. The summed E-state index contributed by atoms with van der Waals surface area (Å²) in [6.07, 6.45) is 0. The Balaban J connectivity index is 2.30. The molecule has 1 N–H and O–H groups in total. The standard InChI is InChI=1S/C14H16ClNO3/c1-8-10-7-9(15)5-6-11(10)18-12(8)13(17)16-19-14(2,3)4/h5-7H,1-4H3,(H,16,17). The molecule has 0 fully saturated rings. The van der Waals surface area contributed by atoms with Crippen LogP contribution in [-0.2, 0) is 4.84 Å². The quantitative estimate of drug-likeness (QED) is 0.851. The molecule has 0 bridgehead atoms. The maximum atomic E-state index is 12.0. The predicted octanol–water partition coefficient (Wildman–Crippen LogP) is 3.85. The summed E-state index contributed by atoms with van der Waals surface area (Å²) in [5.74, 6) is -0.165. The van der Waals surface area contributed by atoms with Crippen molar-refractivity contribution in [1.82, 2.24) is 5.48 Å². The summed E-state index contributed by atoms with van der Waals surface area (Å²) in [6.45, 7) is 7.35. The van der Waals surface area contributed by atoms with E-state index in [2.05, 4.69) is 5.48 Å². The van der Waals surface area contributed by atoms with Crippen LogP contribution < -0.4 is 5.48 Å². The molecule has 0 aliphatic rings. The molecule has 1 amide bonds. The maximum Gasteiger partial charge on any atom is 0.310 e. The minimum absolute atomic E-state index is 0.238. The zero-order valence-corrected chi connectivity index (χ0v) is 12.1. The number of carbonyl (C=O) groups is 1. The highest BCUT2D eigenvalue weighted by atomic mass is 35.5. The van der Waals surface area contributed by atoms with Crippen molar-refractivity contribution in [2.75, 3.05) is 0 Å². The van der Waals surface area contributed by atoms with Gasteiger partial charge in [0.2, 0.25) is 0 Å². The van der Waals surface area contributed by atoms with Gasteiger partial charge in [0, 0.05) is 16.0 Å². The molecule has 19 heavy (non-hydrogen) atoms. The summed E-state index contributed by atoms with van der Waals surface area (Å²) in [5, 5.41) is 1.43. The fourth-order valence-corrected chi connectivity index (χ4v) is 1.83. The number of aryl methyl sites for hydroxylation is 1. The third-order valence-electron chi connectivity index (χ3n) is 2.55. The van der Waals surface area contributed by atoms with Crippen molar-refractivity contribution in [3.05, 3.63) is 34.5 Å². The van der Waals surface area contributed by atoms with Crippen LogP contribution in [0.4, 0.5) is 0 Å². The topological polar surface area (TPSA) is 51.5 Å². The van der Waals surface area contributed by atoms with E-state index in [1.54, 1.807) is 18.2 Å². The van der Waals surface area contributed by atoms with Gasteiger partial charge in [-0.05, 0) is 45.9 Å². The van der Waals surface area contributed by atoms with Gasteiger partial charge in [0.1, 0.15) is 5.58 Å². The Hall–Kier alpha value is -1.52. The lowest BCUT2D eigenvalue weighted by atomic mass is 10.1. The Kier molecular flexibility index (Phi) is 3.56. The van der Waals surface area contributed by atoms with Crippen molar-refractivity contribution in [3.8, 4) is 0 Å². The predicted molar refractivity (Wildman–Crippen MR) is 74.3 cm³/mol. The van der Waals surface area contributed by atoms with Crippen molar-refractivity contribution >= 4 is 28.5 Å². The molecule has 0 radical (unpaired) electrons. The second kappa shape index (κ2) is 4.87. The molecule has 0 atom stereocenters. The van der Waals surface area contributed by atoms with Crippen LogP contribution in [0.15, 0.2) is 22.6 Å². The fraction of sp³-hybridized carbons (Fsp3) is 0.357. The number of carbonyl (C=O) groups excluding carboxylic acids is 1. The number of fused-ring (bicyclic) bond motifs is 1. The van der Waals surface area contributed by atoms with E-state index in [4.69, 9.17) is 20.9 Å². The van der Waals surface area contributed by atoms with Crippen molar-refractivity contribution in [3.63, 3.8) is 0 Å². The van der Waals surface area contributed by atoms with Crippen molar-refractivity contribution in [1.29, 1.82) is 0 Å². The van der Waals surface area contributed by atoms with E-state index < -0.39 is 11.5 Å². The third-order valence-corrected chi connectivity index (χ3v) is 2.79. The molecule has 4 nitrogen and oxygen atoms in total. The summed E-state index contributed by atoms with van der Waals surface area (Å²) in [7, 11) is 0. The molecule has 102 valence electrons. The number of hydrogen-bond donors (Lipinski definition) is 1. The molecule has 0 saturated heterocycles. The van der Waals surface area contributed by atoms with Gasteiger partial charge in [0.15, 0.2) is 5.76 Å². The van der Waals surface area contributed by atoms with E-state index in [0.717, 1.165) is 10.9 Å². The van der Waals surface area contributed by atoms with Crippen LogP contribution in [0.3, 0.4) is 0 Å². The Morgan fingerprint density at radius 1 is 1.37 bits per heavy atom. The molecule has 1 aromatic carbocycles. The molecule has 0 saturated carbocycles. The number of benzene rings is 1. The minimum Gasteiger partial charge on any atom is -0.451 e. The normalized spacial score (nSPS) is 11.8. The lowest BCUT2D eigenvalue weighted by Crippen LogP contribution is -2.33. The number of furan rings is 1. The molecule has 0 unspecified atom stereocenters. The summed E-state index contributed by atoms with van der Waals surface area (Å²) in [5.41, 5.74) is 3.30. The molecule has 2 rings (SSSR count). The molecular weight excluding hydrogens is 266 g/mol. The molecule has 2 aromatic rings. The van der Waals surface area contributed by atoms with Crippen LogP contribution in [0.25, 0.3) is 11.0 Å². The van der Waals surface area contributed by atoms with Crippen LogP contribution >= 0.6 is 11.6 Å². The van der Waals surface area contributed by atoms with Gasteiger partial charge in [-0.3, -0.25) is 9.63 Å². The number of nitrogens with one attached hydrogen (secondary N) is 1. The van der Waals surface area contributed by atoms with Gasteiger partial charge in [0.05, 0.1) is 5.60 Å². The zero-order chi connectivity index (χ0) is 14.2. The largest absolute Gasteiger partial charge is 0.451 e. The summed E-state index contributed by atoms with van der Waals surface area (Å²) < 4.78 is 5.53. The monoisotopic (exact) mass is 281 g/mol. The maximum absolute atomic E-state index is 12.0. The smallest absolute Gasteiger partial charge is 0.310 e. The SMILES string of the molecule is Cc1c(C(=O)NOC(C)(C)C)oc2ccc(Cl)cc12. The first-order valence-electron chi connectivity index (χ1n) is 5.95. The first-order valence-corrected chi connectivity index (χ1v) is 6.33. The van der Waals surface area contributed by atoms with Crippen LogP contribution in [0.1, 0.15) is 36.9 Å². The van der Waals surface area contributed by atoms with Gasteiger partial charge in [-0.15, -0.1) is 0 Å². The van der Waals surface area contributed by atoms with Crippen LogP contribution in [0, 0.1) is 6.92 Å². The van der Waals surface area contributed by atoms with E-state index in [9.17, 15) is 4.79 Å². The fourth-order valence-electron chi connectivity index (χ4n) is 1.66. The molecule has 1 aromatic heterocycles. The average molecular weight is 282 g/mol. The van der Waals surface area contributed by atoms with Crippen molar-refractivity contribution in [2.45, 2.75) is 33.3 Å². The Morgan fingerprint density at radius 2 is 2.05 bits per heavy atom. The van der Waals surface area contributed by atoms with E-state index in [1.165, 1.54) is 0 Å². The van der Waals surface area contributed by atoms with Crippen LogP contribution in [-0.4, -0.2) is 11.5 Å². The van der Waals surface area contributed by atoms with Gasteiger partial charge in [-0.1, -0.05) is 11.6 Å². The number of amides is 1. The second-order valence-corrected chi connectivity index (χ2v) is 5.78. The van der Waals surface area contributed by atoms with Gasteiger partial charge >= 0.3 is 5.91 Å². The second-order valence-electron chi connectivity index (χ2n) is 5.34. The molecule has 0 aliphatic heterocycles. The number of halogens is 1.